The molecule has 1 aliphatic rings. The Morgan fingerprint density at radius 2 is 2.29 bits per heavy atom. The molecule has 0 radical (unpaired) electrons. The SMILES string of the molecule is COc1cccc(N2CCCCC(CN)C2)c1. The number of nitrogens with zero attached hydrogens (tertiary/aromatic N) is 1. The summed E-state index contributed by atoms with van der Waals surface area (Å²) in [4.78, 5) is 2.44. The van der Waals surface area contributed by atoms with Gasteiger partial charge >= 0.3 is 0 Å². The summed E-state index contributed by atoms with van der Waals surface area (Å²) in [5.74, 6) is 1.56. The molecule has 0 spiro atoms. The first-order valence-corrected chi connectivity index (χ1v) is 6.42. The summed E-state index contributed by atoms with van der Waals surface area (Å²) in [6, 6.07) is 8.30. The molecule has 3 heteroatoms. The van der Waals surface area contributed by atoms with Crippen molar-refractivity contribution in [2.75, 3.05) is 31.6 Å². The van der Waals surface area contributed by atoms with Crippen LogP contribution in [0.4, 0.5) is 5.69 Å². The van der Waals surface area contributed by atoms with Crippen LogP contribution < -0.4 is 15.4 Å². The van der Waals surface area contributed by atoms with Crippen LogP contribution in [0, 0.1) is 5.92 Å². The molecule has 1 aromatic carbocycles. The lowest BCUT2D eigenvalue weighted by molar-refractivity contribution is 0.414. The lowest BCUT2D eigenvalue weighted by Crippen LogP contribution is -2.31. The number of hydrogen-bond donors (Lipinski definition) is 1. The maximum Gasteiger partial charge on any atom is 0.120 e. The van der Waals surface area contributed by atoms with Crippen LogP contribution in [0.15, 0.2) is 24.3 Å². The van der Waals surface area contributed by atoms with Gasteiger partial charge in [-0.15, -0.1) is 0 Å². The van der Waals surface area contributed by atoms with Gasteiger partial charge in [-0.3, -0.25) is 0 Å². The number of hydrogen-bond acceptors (Lipinski definition) is 3. The molecule has 1 heterocycles. The van der Waals surface area contributed by atoms with Gasteiger partial charge in [0, 0.05) is 24.8 Å². The van der Waals surface area contributed by atoms with E-state index in [-0.39, 0.29) is 0 Å². The van der Waals surface area contributed by atoms with Gasteiger partial charge in [0.25, 0.3) is 0 Å². The van der Waals surface area contributed by atoms with E-state index < -0.39 is 0 Å². The molecule has 0 amide bonds. The van der Waals surface area contributed by atoms with Crippen LogP contribution in [0.25, 0.3) is 0 Å². The average molecular weight is 234 g/mol. The molecule has 94 valence electrons. The first kappa shape index (κ1) is 12.2. The molecule has 1 atom stereocenters. The van der Waals surface area contributed by atoms with Crippen molar-refractivity contribution in [1.29, 1.82) is 0 Å². The van der Waals surface area contributed by atoms with E-state index >= 15 is 0 Å². The molecule has 1 aromatic rings. The minimum Gasteiger partial charge on any atom is -0.497 e. The average Bonchev–Trinajstić information content (AvgIpc) is 2.64. The fraction of sp³-hybridized carbons (Fsp3) is 0.571. The summed E-state index contributed by atoms with van der Waals surface area (Å²) in [5.41, 5.74) is 7.07. The monoisotopic (exact) mass is 234 g/mol. The highest BCUT2D eigenvalue weighted by Crippen LogP contribution is 2.25. The molecular weight excluding hydrogens is 212 g/mol. The Bertz CT molecular complexity index is 354. The van der Waals surface area contributed by atoms with Crippen molar-refractivity contribution in [2.45, 2.75) is 19.3 Å². The summed E-state index contributed by atoms with van der Waals surface area (Å²) in [5, 5.41) is 0. The van der Waals surface area contributed by atoms with Gasteiger partial charge in [-0.1, -0.05) is 12.5 Å². The number of methoxy groups -OCH3 is 1. The van der Waals surface area contributed by atoms with Gasteiger partial charge in [-0.05, 0) is 37.4 Å². The molecule has 3 nitrogen and oxygen atoms in total. The zero-order valence-electron chi connectivity index (χ0n) is 10.6. The third kappa shape index (κ3) is 3.13. The number of nitrogens with two attached hydrogens (primary N) is 1. The van der Waals surface area contributed by atoms with Crippen molar-refractivity contribution in [3.8, 4) is 5.75 Å². The molecule has 2 N–H and O–H groups in total. The van der Waals surface area contributed by atoms with Gasteiger partial charge in [0.2, 0.25) is 0 Å². The van der Waals surface area contributed by atoms with Crippen molar-refractivity contribution in [1.82, 2.24) is 0 Å². The van der Waals surface area contributed by atoms with E-state index in [0.717, 1.165) is 25.4 Å². The topological polar surface area (TPSA) is 38.5 Å². The zero-order valence-corrected chi connectivity index (χ0v) is 10.6. The van der Waals surface area contributed by atoms with Crippen LogP contribution in [0.3, 0.4) is 0 Å². The fourth-order valence-corrected chi connectivity index (χ4v) is 2.46. The van der Waals surface area contributed by atoms with E-state index in [1.54, 1.807) is 7.11 Å². The second-order valence-corrected chi connectivity index (χ2v) is 4.75. The molecule has 0 bridgehead atoms. The number of anilines is 1. The molecule has 1 saturated heterocycles. The summed E-state index contributed by atoms with van der Waals surface area (Å²) >= 11 is 0. The van der Waals surface area contributed by atoms with Crippen molar-refractivity contribution < 1.29 is 4.74 Å². The van der Waals surface area contributed by atoms with Gasteiger partial charge in [0.1, 0.15) is 5.75 Å². The van der Waals surface area contributed by atoms with E-state index in [0.29, 0.717) is 5.92 Å². The van der Waals surface area contributed by atoms with Crippen molar-refractivity contribution in [2.24, 2.45) is 11.7 Å². The van der Waals surface area contributed by atoms with Gasteiger partial charge in [0.15, 0.2) is 0 Å². The standard InChI is InChI=1S/C14H22N2O/c1-17-14-7-4-6-13(9-14)16-8-3-2-5-12(10-15)11-16/h4,6-7,9,12H,2-3,5,8,10-11,15H2,1H3. The predicted octanol–water partition coefficient (Wildman–Crippen LogP) is 2.26. The van der Waals surface area contributed by atoms with Crippen molar-refractivity contribution >= 4 is 5.69 Å². The van der Waals surface area contributed by atoms with Crippen LogP contribution in [-0.2, 0) is 0 Å². The lowest BCUT2D eigenvalue weighted by Gasteiger charge is -2.26. The second-order valence-electron chi connectivity index (χ2n) is 4.75. The minimum atomic E-state index is 0.628. The molecular formula is C14H22N2O. The minimum absolute atomic E-state index is 0.628. The van der Waals surface area contributed by atoms with Crippen molar-refractivity contribution in [3.05, 3.63) is 24.3 Å². The molecule has 17 heavy (non-hydrogen) atoms. The smallest absolute Gasteiger partial charge is 0.120 e. The summed E-state index contributed by atoms with van der Waals surface area (Å²) in [6.45, 7) is 2.99. The Hall–Kier alpha value is -1.22. The quantitative estimate of drug-likeness (QED) is 0.872. The highest BCUT2D eigenvalue weighted by Gasteiger charge is 2.17. The highest BCUT2D eigenvalue weighted by molar-refractivity contribution is 5.50. The number of ether oxygens (including phenoxy) is 1. The second kappa shape index (κ2) is 5.92. The van der Waals surface area contributed by atoms with Crippen LogP contribution in [0.1, 0.15) is 19.3 Å². The Morgan fingerprint density at radius 1 is 1.41 bits per heavy atom. The molecule has 1 aliphatic heterocycles. The Balaban J connectivity index is 2.13. The lowest BCUT2D eigenvalue weighted by atomic mass is 10.0. The summed E-state index contributed by atoms with van der Waals surface area (Å²) in [6.07, 6.45) is 3.81. The maximum absolute atomic E-state index is 5.82. The van der Waals surface area contributed by atoms with E-state index in [1.807, 2.05) is 6.07 Å². The normalized spacial score (nSPS) is 21.1. The van der Waals surface area contributed by atoms with Gasteiger partial charge in [0.05, 0.1) is 7.11 Å². The molecule has 1 fully saturated rings. The number of benzene rings is 1. The zero-order chi connectivity index (χ0) is 12.1. The van der Waals surface area contributed by atoms with Crippen LogP contribution in [0.2, 0.25) is 0 Å². The molecule has 1 unspecified atom stereocenters. The van der Waals surface area contributed by atoms with Gasteiger partial charge in [-0.25, -0.2) is 0 Å². The maximum atomic E-state index is 5.82. The van der Waals surface area contributed by atoms with Crippen LogP contribution in [-0.4, -0.2) is 26.7 Å². The molecule has 2 rings (SSSR count). The molecule has 0 saturated carbocycles. The van der Waals surface area contributed by atoms with E-state index in [1.165, 1.54) is 24.9 Å². The number of rotatable bonds is 3. The Morgan fingerprint density at radius 3 is 3.06 bits per heavy atom. The third-order valence-corrected chi connectivity index (χ3v) is 3.52. The van der Waals surface area contributed by atoms with Crippen LogP contribution >= 0.6 is 0 Å². The van der Waals surface area contributed by atoms with E-state index in [9.17, 15) is 0 Å². The third-order valence-electron chi connectivity index (χ3n) is 3.52. The summed E-state index contributed by atoms with van der Waals surface area (Å²) in [7, 11) is 1.71. The van der Waals surface area contributed by atoms with Gasteiger partial charge < -0.3 is 15.4 Å². The highest BCUT2D eigenvalue weighted by atomic mass is 16.5. The van der Waals surface area contributed by atoms with E-state index in [2.05, 4.69) is 23.1 Å². The Kier molecular flexibility index (Phi) is 4.26. The Labute approximate surface area is 104 Å². The molecule has 0 aromatic heterocycles. The van der Waals surface area contributed by atoms with E-state index in [4.69, 9.17) is 10.5 Å². The van der Waals surface area contributed by atoms with Crippen LogP contribution in [0.5, 0.6) is 5.75 Å². The van der Waals surface area contributed by atoms with Crippen molar-refractivity contribution in [3.63, 3.8) is 0 Å². The molecule has 0 aliphatic carbocycles. The summed E-state index contributed by atoms with van der Waals surface area (Å²) < 4.78 is 5.28. The van der Waals surface area contributed by atoms with Gasteiger partial charge in [-0.2, -0.15) is 0 Å². The fourth-order valence-electron chi connectivity index (χ4n) is 2.46. The first-order valence-electron chi connectivity index (χ1n) is 6.42. The largest absolute Gasteiger partial charge is 0.497 e. The predicted molar refractivity (Wildman–Crippen MR) is 71.6 cm³/mol. The first-order chi connectivity index (χ1) is 8.33.